The molecule has 0 spiro atoms. The van der Waals surface area contributed by atoms with E-state index in [9.17, 15) is 0 Å². The first-order valence-electron chi connectivity index (χ1n) is 16.7. The summed E-state index contributed by atoms with van der Waals surface area (Å²) in [6, 6.07) is 67.3. The molecule has 0 atom stereocenters. The molecule has 10 rings (SSSR count). The fraction of sp³-hybridized carbons (Fsp3) is 0. The molecule has 0 heterocycles. The molecule has 0 saturated carbocycles. The zero-order chi connectivity index (χ0) is 31.6. The highest BCUT2D eigenvalue weighted by Gasteiger charge is 2.16. The molecule has 10 aromatic carbocycles. The fourth-order valence-electron chi connectivity index (χ4n) is 7.74. The molecule has 0 aromatic heterocycles. The summed E-state index contributed by atoms with van der Waals surface area (Å²) in [4.78, 5) is 0. The molecule has 0 fully saturated rings. The van der Waals surface area contributed by atoms with E-state index in [1.807, 2.05) is 0 Å². The molecule has 0 bridgehead atoms. The molecule has 48 heavy (non-hydrogen) atoms. The monoisotopic (exact) mass is 606 g/mol. The second-order valence-electron chi connectivity index (χ2n) is 12.9. The van der Waals surface area contributed by atoms with Gasteiger partial charge in [0.2, 0.25) is 0 Å². The molecule has 0 nitrogen and oxygen atoms in total. The second kappa shape index (κ2) is 10.7. The molecule has 0 heteroatoms. The first-order chi connectivity index (χ1) is 23.8. The maximum atomic E-state index is 2.44. The Balaban J connectivity index is 1.29. The summed E-state index contributed by atoms with van der Waals surface area (Å²) >= 11 is 0. The van der Waals surface area contributed by atoms with E-state index < -0.39 is 0 Å². The molecule has 10 aromatic rings. The molecule has 0 aliphatic heterocycles. The zero-order valence-electron chi connectivity index (χ0n) is 26.3. The van der Waals surface area contributed by atoms with Crippen LogP contribution >= 0.6 is 0 Å². The number of hydrogen-bond acceptors (Lipinski definition) is 0. The van der Waals surface area contributed by atoms with Crippen LogP contribution in [-0.4, -0.2) is 0 Å². The predicted molar refractivity (Wildman–Crippen MR) is 208 cm³/mol. The predicted octanol–water partition coefficient (Wildman–Crippen LogP) is 13.6. The SMILES string of the molecule is c1ccc2cc(-c3ccc4c(c3)c(-c3ccc5ccccc5c3)cc3c5ccccc5c(-c5ccc6ccccc6c5)cc43)ccc2c1. The van der Waals surface area contributed by atoms with E-state index in [1.165, 1.54) is 98.0 Å². The van der Waals surface area contributed by atoms with Gasteiger partial charge in [0.25, 0.3) is 0 Å². The highest BCUT2D eigenvalue weighted by atomic mass is 14.2. The van der Waals surface area contributed by atoms with Crippen molar-refractivity contribution in [3.63, 3.8) is 0 Å². The van der Waals surface area contributed by atoms with Crippen molar-refractivity contribution in [3.8, 4) is 33.4 Å². The van der Waals surface area contributed by atoms with E-state index >= 15 is 0 Å². The molecular formula is C48H30. The van der Waals surface area contributed by atoms with Gasteiger partial charge in [0.05, 0.1) is 0 Å². The first kappa shape index (κ1) is 26.9. The lowest BCUT2D eigenvalue weighted by Crippen LogP contribution is -1.90. The van der Waals surface area contributed by atoms with E-state index in [0.29, 0.717) is 0 Å². The van der Waals surface area contributed by atoms with Gasteiger partial charge in [0.1, 0.15) is 0 Å². The topological polar surface area (TPSA) is 0 Å². The number of rotatable bonds is 3. The molecule has 222 valence electrons. The van der Waals surface area contributed by atoms with Crippen molar-refractivity contribution in [2.75, 3.05) is 0 Å². The minimum Gasteiger partial charge on any atom is -0.0616 e. The zero-order valence-corrected chi connectivity index (χ0v) is 26.3. The molecule has 0 unspecified atom stereocenters. The Kier molecular flexibility index (Phi) is 5.98. The van der Waals surface area contributed by atoms with Gasteiger partial charge < -0.3 is 0 Å². The van der Waals surface area contributed by atoms with Crippen LogP contribution in [0.15, 0.2) is 182 Å². The highest BCUT2D eigenvalue weighted by molar-refractivity contribution is 6.24. The van der Waals surface area contributed by atoms with Crippen LogP contribution in [0.5, 0.6) is 0 Å². The quantitative estimate of drug-likeness (QED) is 0.176. The van der Waals surface area contributed by atoms with Crippen LogP contribution in [0.2, 0.25) is 0 Å². The van der Waals surface area contributed by atoms with E-state index in [-0.39, 0.29) is 0 Å². The Hall–Kier alpha value is -6.24. The fourth-order valence-corrected chi connectivity index (χ4v) is 7.74. The summed E-state index contributed by atoms with van der Waals surface area (Å²) in [5, 5.41) is 15.2. The van der Waals surface area contributed by atoms with Crippen molar-refractivity contribution in [2.45, 2.75) is 0 Å². The Morgan fingerprint density at radius 3 is 1.12 bits per heavy atom. The molecule has 0 aliphatic rings. The van der Waals surface area contributed by atoms with Gasteiger partial charge in [-0.1, -0.05) is 146 Å². The van der Waals surface area contributed by atoms with Crippen LogP contribution in [0.3, 0.4) is 0 Å². The molecular weight excluding hydrogens is 577 g/mol. The van der Waals surface area contributed by atoms with E-state index in [0.717, 1.165) is 0 Å². The van der Waals surface area contributed by atoms with Crippen LogP contribution in [-0.2, 0) is 0 Å². The van der Waals surface area contributed by atoms with E-state index in [2.05, 4.69) is 182 Å². The first-order valence-corrected chi connectivity index (χ1v) is 16.7. The summed E-state index contributed by atoms with van der Waals surface area (Å²) in [5.74, 6) is 0. The summed E-state index contributed by atoms with van der Waals surface area (Å²) in [6.07, 6.45) is 0. The summed E-state index contributed by atoms with van der Waals surface area (Å²) in [5.41, 5.74) is 7.46. The van der Waals surface area contributed by atoms with Crippen LogP contribution in [0.25, 0.3) is 98.0 Å². The average Bonchev–Trinajstić information content (AvgIpc) is 3.16. The molecule has 0 aliphatic carbocycles. The van der Waals surface area contributed by atoms with Gasteiger partial charge in [-0.15, -0.1) is 0 Å². The number of hydrogen-bond donors (Lipinski definition) is 0. The van der Waals surface area contributed by atoms with Crippen molar-refractivity contribution >= 4 is 64.6 Å². The van der Waals surface area contributed by atoms with Crippen molar-refractivity contribution < 1.29 is 0 Å². The molecule has 0 saturated heterocycles. The normalized spacial score (nSPS) is 11.8. The smallest absolute Gasteiger partial charge is 0.00923 e. The van der Waals surface area contributed by atoms with Crippen molar-refractivity contribution in [1.82, 2.24) is 0 Å². The van der Waals surface area contributed by atoms with Gasteiger partial charge >= 0.3 is 0 Å². The van der Waals surface area contributed by atoms with Gasteiger partial charge in [-0.3, -0.25) is 0 Å². The van der Waals surface area contributed by atoms with Gasteiger partial charge in [-0.25, -0.2) is 0 Å². The molecule has 0 N–H and O–H groups in total. The average molecular weight is 607 g/mol. The summed E-state index contributed by atoms with van der Waals surface area (Å²) in [6.45, 7) is 0. The lowest BCUT2D eigenvalue weighted by atomic mass is 9.86. The summed E-state index contributed by atoms with van der Waals surface area (Å²) in [7, 11) is 0. The van der Waals surface area contributed by atoms with Crippen LogP contribution in [0.1, 0.15) is 0 Å². The third-order valence-corrected chi connectivity index (χ3v) is 10.2. The number of fused-ring (bicyclic) bond motifs is 8. The van der Waals surface area contributed by atoms with Crippen LogP contribution in [0.4, 0.5) is 0 Å². The van der Waals surface area contributed by atoms with Crippen molar-refractivity contribution in [3.05, 3.63) is 182 Å². The lowest BCUT2D eigenvalue weighted by molar-refractivity contribution is 1.66. The summed E-state index contributed by atoms with van der Waals surface area (Å²) < 4.78 is 0. The maximum Gasteiger partial charge on any atom is -0.00923 e. The Morgan fingerprint density at radius 1 is 0.188 bits per heavy atom. The molecule has 0 radical (unpaired) electrons. The minimum absolute atomic E-state index is 1.23. The lowest BCUT2D eigenvalue weighted by Gasteiger charge is -2.17. The van der Waals surface area contributed by atoms with E-state index in [1.54, 1.807) is 0 Å². The third kappa shape index (κ3) is 4.31. The van der Waals surface area contributed by atoms with Crippen LogP contribution in [0, 0.1) is 0 Å². The van der Waals surface area contributed by atoms with Gasteiger partial charge in [-0.05, 0) is 134 Å². The van der Waals surface area contributed by atoms with Crippen molar-refractivity contribution in [2.24, 2.45) is 0 Å². The second-order valence-corrected chi connectivity index (χ2v) is 12.9. The molecule has 0 amide bonds. The standard InChI is InChI=1S/C48H30/c1-4-12-34-25-37(20-17-31(34)9-1)38-23-24-43-46(28-38)45(40-22-19-33-11-3-6-14-36(33)27-40)30-47-42-16-8-7-15-41(42)44(29-48(43)47)39-21-18-32-10-2-5-13-35(32)26-39/h1-30H. The van der Waals surface area contributed by atoms with Crippen LogP contribution < -0.4 is 0 Å². The van der Waals surface area contributed by atoms with Gasteiger partial charge in [0, 0.05) is 0 Å². The third-order valence-electron chi connectivity index (χ3n) is 10.2. The minimum atomic E-state index is 1.23. The van der Waals surface area contributed by atoms with Crippen molar-refractivity contribution in [1.29, 1.82) is 0 Å². The maximum absolute atomic E-state index is 2.44. The Morgan fingerprint density at radius 2 is 0.562 bits per heavy atom. The number of benzene rings is 10. The largest absolute Gasteiger partial charge is 0.0616 e. The van der Waals surface area contributed by atoms with Gasteiger partial charge in [-0.2, -0.15) is 0 Å². The Labute approximate surface area is 279 Å². The van der Waals surface area contributed by atoms with Gasteiger partial charge in [0.15, 0.2) is 0 Å². The Bertz CT molecular complexity index is 2890. The van der Waals surface area contributed by atoms with E-state index in [4.69, 9.17) is 0 Å². The highest BCUT2D eigenvalue weighted by Crippen LogP contribution is 2.43.